The van der Waals surface area contributed by atoms with E-state index in [0.717, 1.165) is 31.5 Å². The van der Waals surface area contributed by atoms with Gasteiger partial charge in [0.1, 0.15) is 0 Å². The molecule has 1 unspecified atom stereocenters. The average molecular weight is 404 g/mol. The van der Waals surface area contributed by atoms with Crippen LogP contribution in [-0.2, 0) is 26.1 Å². The van der Waals surface area contributed by atoms with Crippen LogP contribution in [0, 0.1) is 5.92 Å². The molecule has 1 amide bonds. The Kier molecular flexibility index (Phi) is 7.85. The maximum atomic E-state index is 12.6. The topological polar surface area (TPSA) is 87.7 Å². The van der Waals surface area contributed by atoms with Crippen LogP contribution in [0.2, 0.25) is 0 Å². The molecule has 2 fully saturated rings. The SMILES string of the molecule is Cl.O=C(NCc1ccc(S(=O)(=O)N2CCOCC2)cc1)C1CCCNC1. The van der Waals surface area contributed by atoms with Crippen LogP contribution in [0.3, 0.4) is 0 Å². The number of nitrogens with one attached hydrogen (secondary N) is 2. The number of benzene rings is 1. The van der Waals surface area contributed by atoms with Gasteiger partial charge >= 0.3 is 0 Å². The first-order chi connectivity index (χ1) is 12.1. The minimum atomic E-state index is -3.47. The average Bonchev–Trinajstić information content (AvgIpc) is 2.68. The van der Waals surface area contributed by atoms with Crippen LogP contribution in [0.25, 0.3) is 0 Å². The van der Waals surface area contributed by atoms with Gasteiger partial charge in [0.2, 0.25) is 15.9 Å². The fourth-order valence-corrected chi connectivity index (χ4v) is 4.53. The molecule has 2 aliphatic heterocycles. The van der Waals surface area contributed by atoms with Crippen LogP contribution < -0.4 is 10.6 Å². The molecule has 0 bridgehead atoms. The number of rotatable bonds is 5. The van der Waals surface area contributed by atoms with Crippen molar-refractivity contribution in [2.45, 2.75) is 24.3 Å². The molecule has 1 atom stereocenters. The highest BCUT2D eigenvalue weighted by atomic mass is 35.5. The van der Waals surface area contributed by atoms with Crippen molar-refractivity contribution in [3.8, 4) is 0 Å². The summed E-state index contributed by atoms with van der Waals surface area (Å²) in [4.78, 5) is 12.4. The second kappa shape index (κ2) is 9.66. The molecule has 26 heavy (non-hydrogen) atoms. The van der Waals surface area contributed by atoms with Crippen molar-refractivity contribution in [3.05, 3.63) is 29.8 Å². The maximum absolute atomic E-state index is 12.6. The summed E-state index contributed by atoms with van der Waals surface area (Å²) in [7, 11) is -3.47. The molecule has 146 valence electrons. The number of nitrogens with zero attached hydrogens (tertiary/aromatic N) is 1. The van der Waals surface area contributed by atoms with Gasteiger partial charge < -0.3 is 15.4 Å². The number of ether oxygens (including phenoxy) is 1. The third-order valence-corrected chi connectivity index (χ3v) is 6.58. The Labute approximate surface area is 160 Å². The number of carbonyl (C=O) groups is 1. The normalized spacial score (nSPS) is 21.6. The molecule has 0 aromatic heterocycles. The summed E-state index contributed by atoms with van der Waals surface area (Å²) < 4.78 is 31.8. The van der Waals surface area contributed by atoms with Crippen molar-refractivity contribution in [2.75, 3.05) is 39.4 Å². The lowest BCUT2D eigenvalue weighted by Gasteiger charge is -2.26. The minimum Gasteiger partial charge on any atom is -0.379 e. The van der Waals surface area contributed by atoms with Crippen molar-refractivity contribution in [1.82, 2.24) is 14.9 Å². The monoisotopic (exact) mass is 403 g/mol. The molecule has 7 nitrogen and oxygen atoms in total. The number of hydrogen-bond donors (Lipinski definition) is 2. The zero-order valence-electron chi connectivity index (χ0n) is 14.6. The Morgan fingerprint density at radius 2 is 1.92 bits per heavy atom. The van der Waals surface area contributed by atoms with E-state index < -0.39 is 10.0 Å². The third kappa shape index (κ3) is 5.17. The van der Waals surface area contributed by atoms with Gasteiger partial charge in [0.15, 0.2) is 0 Å². The summed E-state index contributed by atoms with van der Waals surface area (Å²) in [6, 6.07) is 6.72. The Morgan fingerprint density at radius 3 is 2.54 bits per heavy atom. The van der Waals surface area contributed by atoms with Crippen LogP contribution in [0.15, 0.2) is 29.2 Å². The van der Waals surface area contributed by atoms with E-state index in [1.807, 2.05) is 0 Å². The Hall–Kier alpha value is -1.19. The lowest BCUT2D eigenvalue weighted by molar-refractivity contribution is -0.125. The smallest absolute Gasteiger partial charge is 0.243 e. The van der Waals surface area contributed by atoms with Crippen LogP contribution in [0.4, 0.5) is 0 Å². The van der Waals surface area contributed by atoms with Gasteiger partial charge in [0, 0.05) is 26.2 Å². The third-order valence-electron chi connectivity index (χ3n) is 4.67. The van der Waals surface area contributed by atoms with E-state index in [4.69, 9.17) is 4.74 Å². The van der Waals surface area contributed by atoms with E-state index in [1.54, 1.807) is 24.3 Å². The van der Waals surface area contributed by atoms with Gasteiger partial charge in [-0.15, -0.1) is 12.4 Å². The summed E-state index contributed by atoms with van der Waals surface area (Å²) in [6.45, 7) is 3.74. The molecule has 0 aliphatic carbocycles. The summed E-state index contributed by atoms with van der Waals surface area (Å²) in [5, 5.41) is 6.16. The molecule has 3 rings (SSSR count). The Bertz CT molecular complexity index is 684. The van der Waals surface area contributed by atoms with Gasteiger partial charge in [-0.3, -0.25) is 4.79 Å². The van der Waals surface area contributed by atoms with E-state index in [1.165, 1.54) is 4.31 Å². The highest BCUT2D eigenvalue weighted by Gasteiger charge is 2.26. The van der Waals surface area contributed by atoms with Gasteiger partial charge in [0.05, 0.1) is 24.0 Å². The van der Waals surface area contributed by atoms with Crippen LogP contribution in [0.1, 0.15) is 18.4 Å². The van der Waals surface area contributed by atoms with E-state index in [9.17, 15) is 13.2 Å². The summed E-state index contributed by atoms with van der Waals surface area (Å²) in [6.07, 6.45) is 1.93. The standard InChI is InChI=1S/C17H25N3O4S.ClH/c21-17(15-2-1-7-18-13-15)19-12-14-3-5-16(6-4-14)25(22,23)20-8-10-24-11-9-20;/h3-6,15,18H,1-2,7-13H2,(H,19,21);1H. The first-order valence-electron chi connectivity index (χ1n) is 8.72. The number of piperidine rings is 1. The first kappa shape index (κ1) is 21.1. The van der Waals surface area contributed by atoms with E-state index in [-0.39, 0.29) is 29.1 Å². The predicted molar refractivity (Wildman–Crippen MR) is 101 cm³/mol. The quantitative estimate of drug-likeness (QED) is 0.757. The second-order valence-corrected chi connectivity index (χ2v) is 8.36. The van der Waals surface area contributed by atoms with Crippen LogP contribution in [-0.4, -0.2) is 58.0 Å². The first-order valence-corrected chi connectivity index (χ1v) is 10.2. The van der Waals surface area contributed by atoms with Gasteiger partial charge in [0.25, 0.3) is 0 Å². The largest absolute Gasteiger partial charge is 0.379 e. The van der Waals surface area contributed by atoms with E-state index >= 15 is 0 Å². The van der Waals surface area contributed by atoms with E-state index in [2.05, 4.69) is 10.6 Å². The molecule has 0 saturated carbocycles. The van der Waals surface area contributed by atoms with Gasteiger partial charge in [-0.05, 0) is 37.1 Å². The number of hydrogen-bond acceptors (Lipinski definition) is 5. The van der Waals surface area contributed by atoms with Crippen LogP contribution in [0.5, 0.6) is 0 Å². The van der Waals surface area contributed by atoms with Crippen molar-refractivity contribution >= 4 is 28.3 Å². The van der Waals surface area contributed by atoms with Gasteiger partial charge in [-0.25, -0.2) is 8.42 Å². The molecule has 0 radical (unpaired) electrons. The zero-order chi connectivity index (χ0) is 17.7. The Balaban J connectivity index is 0.00000243. The zero-order valence-corrected chi connectivity index (χ0v) is 16.3. The molecule has 9 heteroatoms. The van der Waals surface area contributed by atoms with E-state index in [0.29, 0.717) is 32.8 Å². The Morgan fingerprint density at radius 1 is 1.23 bits per heavy atom. The van der Waals surface area contributed by atoms with Crippen LogP contribution >= 0.6 is 12.4 Å². The summed E-state index contributed by atoms with van der Waals surface area (Å²) in [5.41, 5.74) is 0.887. The minimum absolute atomic E-state index is 0. The van der Waals surface area contributed by atoms with Gasteiger partial charge in [-0.2, -0.15) is 4.31 Å². The molecular weight excluding hydrogens is 378 g/mol. The molecular formula is C17H26ClN3O4S. The molecule has 0 spiro atoms. The molecule has 1 aromatic rings. The summed E-state index contributed by atoms with van der Waals surface area (Å²) >= 11 is 0. The van der Waals surface area contributed by atoms with Crippen molar-refractivity contribution in [1.29, 1.82) is 0 Å². The number of amides is 1. The molecule has 2 saturated heterocycles. The number of halogens is 1. The molecule has 2 aliphatic rings. The van der Waals surface area contributed by atoms with Crippen molar-refractivity contribution in [3.63, 3.8) is 0 Å². The maximum Gasteiger partial charge on any atom is 0.243 e. The number of morpholine rings is 1. The predicted octanol–water partition coefficient (Wildman–Crippen LogP) is 0.745. The van der Waals surface area contributed by atoms with Gasteiger partial charge in [-0.1, -0.05) is 12.1 Å². The lowest BCUT2D eigenvalue weighted by Crippen LogP contribution is -2.40. The number of carbonyl (C=O) groups excluding carboxylic acids is 1. The van der Waals surface area contributed by atoms with Crippen molar-refractivity contribution < 1.29 is 17.9 Å². The fraction of sp³-hybridized carbons (Fsp3) is 0.588. The highest BCUT2D eigenvalue weighted by Crippen LogP contribution is 2.18. The van der Waals surface area contributed by atoms with Crippen molar-refractivity contribution in [2.24, 2.45) is 5.92 Å². The lowest BCUT2D eigenvalue weighted by atomic mass is 9.99. The second-order valence-electron chi connectivity index (χ2n) is 6.42. The molecule has 2 N–H and O–H groups in total. The highest BCUT2D eigenvalue weighted by molar-refractivity contribution is 7.89. The summed E-state index contributed by atoms with van der Waals surface area (Å²) in [5.74, 6) is 0.0759. The molecule has 2 heterocycles. The fourth-order valence-electron chi connectivity index (χ4n) is 3.12. The molecule has 1 aromatic carbocycles. The number of sulfonamides is 1.